The lowest BCUT2D eigenvalue weighted by Crippen LogP contribution is -2.38. The molecule has 0 radical (unpaired) electrons. The summed E-state index contributed by atoms with van der Waals surface area (Å²) < 4.78 is 38.1. The number of anilines is 2. The van der Waals surface area contributed by atoms with Gasteiger partial charge >= 0.3 is 6.18 Å². The summed E-state index contributed by atoms with van der Waals surface area (Å²) in [6.45, 7) is 1.55. The molecule has 4 N–H and O–H groups in total. The van der Waals surface area contributed by atoms with Gasteiger partial charge in [-0.15, -0.1) is 0 Å². The van der Waals surface area contributed by atoms with Crippen LogP contribution in [0.5, 0.6) is 0 Å². The van der Waals surface area contributed by atoms with Gasteiger partial charge < -0.3 is 16.2 Å². The highest BCUT2D eigenvalue weighted by Crippen LogP contribution is 2.35. The molecule has 1 rings (SSSR count). The second-order valence-corrected chi connectivity index (χ2v) is 4.79. The Morgan fingerprint density at radius 2 is 2.10 bits per heavy atom. The molecule has 21 heavy (non-hydrogen) atoms. The largest absolute Gasteiger partial charge is 0.418 e. The van der Waals surface area contributed by atoms with Gasteiger partial charge in [0.2, 0.25) is 5.91 Å². The zero-order valence-corrected chi connectivity index (χ0v) is 11.7. The van der Waals surface area contributed by atoms with Crippen LogP contribution in [0.15, 0.2) is 18.2 Å². The smallest absolute Gasteiger partial charge is 0.398 e. The Morgan fingerprint density at radius 3 is 2.62 bits per heavy atom. The normalized spacial score (nSPS) is 13.3. The van der Waals surface area contributed by atoms with E-state index in [4.69, 9.17) is 10.8 Å². The van der Waals surface area contributed by atoms with Crippen LogP contribution < -0.4 is 11.1 Å². The van der Waals surface area contributed by atoms with E-state index in [1.54, 1.807) is 18.9 Å². The summed E-state index contributed by atoms with van der Waals surface area (Å²) in [5.74, 6) is -0.476. The van der Waals surface area contributed by atoms with E-state index in [1.807, 2.05) is 0 Å². The van der Waals surface area contributed by atoms with Crippen molar-refractivity contribution < 1.29 is 23.1 Å². The quantitative estimate of drug-likeness (QED) is 0.721. The molecule has 0 fully saturated rings. The lowest BCUT2D eigenvalue weighted by molar-refractivity contribution is -0.137. The van der Waals surface area contributed by atoms with E-state index < -0.39 is 23.3 Å². The fourth-order valence-electron chi connectivity index (χ4n) is 1.60. The predicted molar refractivity (Wildman–Crippen MR) is 73.7 cm³/mol. The molecule has 5 nitrogen and oxygen atoms in total. The van der Waals surface area contributed by atoms with Gasteiger partial charge in [0, 0.05) is 17.4 Å². The molecular formula is C13H18F3N3O2. The highest BCUT2D eigenvalue weighted by atomic mass is 19.4. The summed E-state index contributed by atoms with van der Waals surface area (Å²) in [6.07, 6.45) is -4.58. The topological polar surface area (TPSA) is 78.6 Å². The standard InChI is InChI=1S/C13H18F3N3O2/c1-8(7-20)19(2)6-12(21)18-9-3-4-11(17)10(5-9)13(14,15)16/h3-5,8,20H,6-7,17H2,1-2H3,(H,18,21). The molecule has 118 valence electrons. The number of nitrogens with one attached hydrogen (secondary N) is 1. The van der Waals surface area contributed by atoms with E-state index in [-0.39, 0.29) is 24.9 Å². The summed E-state index contributed by atoms with van der Waals surface area (Å²) in [4.78, 5) is 13.3. The van der Waals surface area contributed by atoms with Gasteiger partial charge in [0.25, 0.3) is 0 Å². The van der Waals surface area contributed by atoms with Gasteiger partial charge in [-0.3, -0.25) is 9.69 Å². The number of benzene rings is 1. The molecule has 0 aliphatic heterocycles. The van der Waals surface area contributed by atoms with Crippen molar-refractivity contribution in [1.82, 2.24) is 4.90 Å². The SMILES string of the molecule is CC(CO)N(C)CC(=O)Nc1ccc(N)c(C(F)(F)F)c1. The number of nitrogens with two attached hydrogens (primary N) is 1. The molecule has 1 amide bonds. The van der Waals surface area contributed by atoms with Gasteiger partial charge in [-0.2, -0.15) is 13.2 Å². The molecule has 0 bridgehead atoms. The number of carbonyl (C=O) groups excluding carboxylic acids is 1. The third-order valence-corrected chi connectivity index (χ3v) is 3.05. The van der Waals surface area contributed by atoms with Gasteiger partial charge in [0.05, 0.1) is 18.7 Å². The number of rotatable bonds is 5. The van der Waals surface area contributed by atoms with Crippen LogP contribution in [0.25, 0.3) is 0 Å². The summed E-state index contributed by atoms with van der Waals surface area (Å²) in [6, 6.07) is 2.96. The Kier molecular flexibility index (Phi) is 5.56. The van der Waals surface area contributed by atoms with E-state index in [9.17, 15) is 18.0 Å². The molecule has 1 unspecified atom stereocenters. The summed E-state index contributed by atoms with van der Waals surface area (Å²) in [5.41, 5.74) is 3.91. The Bertz CT molecular complexity index is 506. The van der Waals surface area contributed by atoms with Crippen LogP contribution in [0.3, 0.4) is 0 Å². The second kappa shape index (κ2) is 6.77. The highest BCUT2D eigenvalue weighted by molar-refractivity contribution is 5.92. The van der Waals surface area contributed by atoms with Crippen molar-refractivity contribution in [1.29, 1.82) is 0 Å². The molecule has 1 aromatic carbocycles. The van der Waals surface area contributed by atoms with Crippen molar-refractivity contribution in [3.63, 3.8) is 0 Å². The van der Waals surface area contributed by atoms with E-state index >= 15 is 0 Å². The first-order chi connectivity index (χ1) is 9.65. The number of hydrogen-bond acceptors (Lipinski definition) is 4. The molecular weight excluding hydrogens is 287 g/mol. The fourth-order valence-corrected chi connectivity index (χ4v) is 1.60. The van der Waals surface area contributed by atoms with Gasteiger partial charge in [-0.25, -0.2) is 0 Å². The van der Waals surface area contributed by atoms with Crippen LogP contribution in [0.4, 0.5) is 24.5 Å². The third-order valence-electron chi connectivity index (χ3n) is 3.05. The average Bonchev–Trinajstić information content (AvgIpc) is 2.38. The lowest BCUT2D eigenvalue weighted by Gasteiger charge is -2.22. The third kappa shape index (κ3) is 4.91. The van der Waals surface area contributed by atoms with Crippen LogP contribution in [0.1, 0.15) is 12.5 Å². The molecule has 0 spiro atoms. The Hall–Kier alpha value is -1.80. The van der Waals surface area contributed by atoms with E-state index in [0.717, 1.165) is 12.1 Å². The maximum atomic E-state index is 12.7. The molecule has 1 atom stereocenters. The minimum absolute atomic E-state index is 0.0200. The van der Waals surface area contributed by atoms with Crippen molar-refractivity contribution in [3.05, 3.63) is 23.8 Å². The van der Waals surface area contributed by atoms with Crippen LogP contribution in [-0.2, 0) is 11.0 Å². The number of nitrogens with zero attached hydrogens (tertiary/aromatic N) is 1. The predicted octanol–water partition coefficient (Wildman–Crippen LogP) is 1.54. The monoisotopic (exact) mass is 305 g/mol. The first kappa shape index (κ1) is 17.3. The molecule has 0 heterocycles. The Morgan fingerprint density at radius 1 is 1.48 bits per heavy atom. The molecule has 1 aromatic rings. The number of nitrogen functional groups attached to an aromatic ring is 1. The van der Waals surface area contributed by atoms with Crippen LogP contribution in [-0.4, -0.2) is 42.2 Å². The Labute approximate surface area is 120 Å². The number of aliphatic hydroxyl groups is 1. The maximum Gasteiger partial charge on any atom is 0.418 e. The van der Waals surface area contributed by atoms with Crippen LogP contribution in [0.2, 0.25) is 0 Å². The number of likely N-dealkylation sites (N-methyl/N-ethyl adjacent to an activating group) is 1. The Balaban J connectivity index is 2.78. The second-order valence-electron chi connectivity index (χ2n) is 4.79. The van der Waals surface area contributed by atoms with Gasteiger partial charge in [0.1, 0.15) is 0 Å². The number of amides is 1. The van der Waals surface area contributed by atoms with E-state index in [1.165, 1.54) is 6.07 Å². The van der Waals surface area contributed by atoms with Crippen molar-refractivity contribution >= 4 is 17.3 Å². The summed E-state index contributed by atoms with van der Waals surface area (Å²) in [5, 5.41) is 11.3. The van der Waals surface area contributed by atoms with Crippen molar-refractivity contribution in [3.8, 4) is 0 Å². The number of alkyl halides is 3. The summed E-state index contributed by atoms with van der Waals surface area (Å²) >= 11 is 0. The van der Waals surface area contributed by atoms with Gasteiger partial charge in [-0.05, 0) is 32.2 Å². The van der Waals surface area contributed by atoms with Crippen molar-refractivity contribution in [2.75, 3.05) is 31.2 Å². The zero-order chi connectivity index (χ0) is 16.2. The number of halogens is 3. The molecule has 0 aliphatic rings. The zero-order valence-electron chi connectivity index (χ0n) is 11.7. The number of hydrogen-bond donors (Lipinski definition) is 3. The summed E-state index contributed by atoms with van der Waals surface area (Å²) in [7, 11) is 1.63. The first-order valence-corrected chi connectivity index (χ1v) is 6.22. The van der Waals surface area contributed by atoms with E-state index in [2.05, 4.69) is 5.32 Å². The van der Waals surface area contributed by atoms with Crippen LogP contribution >= 0.6 is 0 Å². The fraction of sp³-hybridized carbons (Fsp3) is 0.462. The van der Waals surface area contributed by atoms with Gasteiger partial charge in [0.15, 0.2) is 0 Å². The molecule has 0 saturated heterocycles. The molecule has 8 heteroatoms. The van der Waals surface area contributed by atoms with Crippen molar-refractivity contribution in [2.45, 2.75) is 19.1 Å². The molecule has 0 aromatic heterocycles. The minimum Gasteiger partial charge on any atom is -0.398 e. The molecule has 0 saturated carbocycles. The highest BCUT2D eigenvalue weighted by Gasteiger charge is 2.33. The van der Waals surface area contributed by atoms with Gasteiger partial charge in [-0.1, -0.05) is 0 Å². The van der Waals surface area contributed by atoms with E-state index in [0.29, 0.717) is 0 Å². The number of carbonyl (C=O) groups is 1. The maximum absolute atomic E-state index is 12.7. The first-order valence-electron chi connectivity index (χ1n) is 6.22. The lowest BCUT2D eigenvalue weighted by atomic mass is 10.1. The minimum atomic E-state index is -4.58. The number of aliphatic hydroxyl groups excluding tert-OH is 1. The van der Waals surface area contributed by atoms with Crippen LogP contribution in [0, 0.1) is 0 Å². The van der Waals surface area contributed by atoms with Crippen molar-refractivity contribution in [2.24, 2.45) is 0 Å². The average molecular weight is 305 g/mol. The molecule has 0 aliphatic carbocycles.